The van der Waals surface area contributed by atoms with E-state index >= 15 is 0 Å². The van der Waals surface area contributed by atoms with E-state index in [1.807, 2.05) is 48.0 Å². The summed E-state index contributed by atoms with van der Waals surface area (Å²) in [6.07, 6.45) is 3.59. The van der Waals surface area contributed by atoms with Crippen molar-refractivity contribution in [3.63, 3.8) is 0 Å². The lowest BCUT2D eigenvalue weighted by atomic mass is 9.99. The van der Waals surface area contributed by atoms with Crippen LogP contribution in [-0.4, -0.2) is 99.6 Å². The van der Waals surface area contributed by atoms with E-state index < -0.39 is 20.2 Å². The molecule has 320 valence electrons. The fourth-order valence-corrected chi connectivity index (χ4v) is 10.0. The Morgan fingerprint density at radius 2 is 1.57 bits per heavy atom. The molecule has 0 bridgehead atoms. The van der Waals surface area contributed by atoms with Crippen LogP contribution in [-0.2, 0) is 20.9 Å². The molecule has 7 rings (SSSR count). The Balaban J connectivity index is 1.09. The number of fused-ring (bicyclic) bond motifs is 2. The summed E-state index contributed by atoms with van der Waals surface area (Å²) in [5, 5.41) is 4.92. The molecule has 13 heteroatoms. The molecule has 3 heterocycles. The van der Waals surface area contributed by atoms with Gasteiger partial charge in [0.2, 0.25) is 11.8 Å². The van der Waals surface area contributed by atoms with Crippen molar-refractivity contribution >= 4 is 47.8 Å². The molecule has 3 unspecified atom stereocenters. The van der Waals surface area contributed by atoms with Crippen LogP contribution in [0.3, 0.4) is 0 Å². The Bertz CT molecular complexity index is 2490. The summed E-state index contributed by atoms with van der Waals surface area (Å²) in [5.41, 5.74) is 6.87. The van der Waals surface area contributed by atoms with E-state index in [0.717, 1.165) is 93.5 Å². The van der Waals surface area contributed by atoms with Crippen LogP contribution >= 0.6 is 0 Å². The molecule has 0 spiro atoms. The van der Waals surface area contributed by atoms with Gasteiger partial charge in [-0.3, -0.25) is 14.5 Å². The van der Waals surface area contributed by atoms with Gasteiger partial charge in [-0.05, 0) is 83.6 Å². The van der Waals surface area contributed by atoms with Crippen LogP contribution in [0.15, 0.2) is 91.1 Å². The topological polar surface area (TPSA) is 140 Å². The number of benzene rings is 4. The van der Waals surface area contributed by atoms with Gasteiger partial charge in [0, 0.05) is 18.3 Å². The quantitative estimate of drug-likeness (QED) is 0.0877. The van der Waals surface area contributed by atoms with Crippen molar-refractivity contribution in [2.45, 2.75) is 84.8 Å². The fourth-order valence-electron chi connectivity index (χ4n) is 8.63. The fraction of sp³-hybridized carbons (Fsp3) is 0.396. The smallest absolute Gasteiger partial charge is 0.407 e. The average molecular weight is 841 g/mol. The van der Waals surface area contributed by atoms with Crippen LogP contribution < -0.4 is 5.32 Å². The van der Waals surface area contributed by atoms with Crippen LogP contribution in [0.4, 0.5) is 4.79 Å². The Labute approximate surface area is 360 Å². The maximum Gasteiger partial charge on any atom is 0.407 e. The lowest BCUT2D eigenvalue weighted by Gasteiger charge is -2.36. The van der Waals surface area contributed by atoms with Gasteiger partial charge in [0.1, 0.15) is 23.7 Å². The third kappa shape index (κ3) is 9.73. The number of rotatable bonds is 15. The number of imidazole rings is 2. The zero-order valence-corrected chi connectivity index (χ0v) is 37.8. The molecule has 0 aliphatic carbocycles. The number of carbonyl (C=O) groups excluding carboxylic acids is 3. The number of aromatic nitrogens is 4. The van der Waals surface area contributed by atoms with Crippen molar-refractivity contribution < 1.29 is 19.1 Å². The van der Waals surface area contributed by atoms with Crippen LogP contribution in [0.2, 0.25) is 19.6 Å². The van der Waals surface area contributed by atoms with E-state index in [2.05, 4.69) is 120 Å². The number of likely N-dealkylation sites (tertiary alicyclic amines) is 1. The first-order chi connectivity index (χ1) is 29.3. The predicted molar refractivity (Wildman–Crippen MR) is 245 cm³/mol. The summed E-state index contributed by atoms with van der Waals surface area (Å²) in [6.45, 7) is 17.5. The maximum absolute atomic E-state index is 14.5. The number of H-pyrrole nitrogens is 2. The van der Waals surface area contributed by atoms with Gasteiger partial charge < -0.3 is 29.8 Å². The number of aromatic amines is 2. The van der Waals surface area contributed by atoms with Gasteiger partial charge in [-0.1, -0.05) is 108 Å². The molecule has 3 atom stereocenters. The number of alkyl carbamates (subject to hydrolysis) is 1. The molecule has 6 aromatic rings. The van der Waals surface area contributed by atoms with E-state index in [1.165, 1.54) is 7.11 Å². The zero-order chi connectivity index (χ0) is 43.4. The molecule has 1 saturated heterocycles. The van der Waals surface area contributed by atoms with Crippen molar-refractivity contribution in [3.05, 3.63) is 108 Å². The molecule has 1 aliphatic rings. The van der Waals surface area contributed by atoms with Crippen molar-refractivity contribution in [2.24, 2.45) is 5.92 Å². The second-order valence-electron chi connectivity index (χ2n) is 17.7. The lowest BCUT2D eigenvalue weighted by Crippen LogP contribution is -2.51. The number of likely N-dealkylation sites (N-methyl/N-ethyl adjacent to an activating group) is 1. The van der Waals surface area contributed by atoms with Gasteiger partial charge in [-0.15, -0.1) is 0 Å². The second-order valence-corrected chi connectivity index (χ2v) is 23.1. The van der Waals surface area contributed by atoms with E-state index in [1.54, 1.807) is 0 Å². The number of hydrogen-bond acceptors (Lipinski definition) is 7. The highest BCUT2D eigenvalue weighted by molar-refractivity contribution is 6.76. The SMILES string of the molecule is CCN(CC)C(C(=O)N(Cc1nc2ccc(-c3ccc4cc(-c5cnc(C6CCCN6C(=O)C(NC(=O)OC)C(C)C)[nH]5)ccc4c3)cc2[nH]1)C[Si](C)(C)C)c1ccccc1. The van der Waals surface area contributed by atoms with Gasteiger partial charge in [0.15, 0.2) is 0 Å². The molecule has 4 aromatic carbocycles. The Hall–Kier alpha value is -5.79. The molecule has 3 N–H and O–H groups in total. The normalized spacial score (nSPS) is 15.4. The van der Waals surface area contributed by atoms with Crippen molar-refractivity contribution in [1.29, 1.82) is 0 Å². The van der Waals surface area contributed by atoms with E-state index in [9.17, 15) is 14.4 Å². The minimum Gasteiger partial charge on any atom is -0.453 e. The molecule has 12 nitrogen and oxygen atoms in total. The summed E-state index contributed by atoms with van der Waals surface area (Å²) in [7, 11) is -0.387. The van der Waals surface area contributed by atoms with Gasteiger partial charge in [-0.25, -0.2) is 14.8 Å². The highest BCUT2D eigenvalue weighted by Crippen LogP contribution is 2.34. The first-order valence-electron chi connectivity index (χ1n) is 21.6. The summed E-state index contributed by atoms with van der Waals surface area (Å²) in [5.74, 6) is 1.40. The number of nitrogens with zero attached hydrogens (tertiary/aromatic N) is 5. The number of ether oxygens (including phenoxy) is 1. The third-order valence-electron chi connectivity index (χ3n) is 11.7. The number of nitrogens with one attached hydrogen (secondary N) is 3. The van der Waals surface area contributed by atoms with Gasteiger partial charge in [0.05, 0.1) is 50.7 Å². The average Bonchev–Trinajstić information content (AvgIpc) is 4.03. The number of amides is 3. The van der Waals surface area contributed by atoms with Gasteiger partial charge >= 0.3 is 6.09 Å². The largest absolute Gasteiger partial charge is 0.453 e. The minimum atomic E-state index is -1.69. The highest BCUT2D eigenvalue weighted by Gasteiger charge is 2.38. The molecular weight excluding hydrogens is 781 g/mol. The number of carbonyl (C=O) groups is 3. The Morgan fingerprint density at radius 3 is 2.25 bits per heavy atom. The summed E-state index contributed by atoms with van der Waals surface area (Å²) in [4.78, 5) is 63.1. The first kappa shape index (κ1) is 43.3. The van der Waals surface area contributed by atoms with Crippen molar-refractivity contribution in [1.82, 2.24) is 40.0 Å². The van der Waals surface area contributed by atoms with E-state index in [4.69, 9.17) is 14.7 Å². The van der Waals surface area contributed by atoms with Gasteiger partial charge in [-0.2, -0.15) is 0 Å². The number of methoxy groups -OCH3 is 1. The summed E-state index contributed by atoms with van der Waals surface area (Å²) in [6, 6.07) is 28.1. The molecule has 1 aliphatic heterocycles. The van der Waals surface area contributed by atoms with Crippen LogP contribution in [0.5, 0.6) is 0 Å². The Kier molecular flexibility index (Phi) is 13.1. The standard InChI is InChI=1S/C48H60N8O4Si/c1-9-54(10-2)44(32-15-12-11-13-16-32)47(58)55(30-61(6,7)8)29-42-50-38-23-22-36(27-39(38)51-42)34-18-19-35-26-37(21-20-33(35)25-34)40-28-49-45(52-40)41-17-14-24-56(41)46(57)43(31(3)4)53-48(59)60-5/h11-13,15-16,18-23,25-28,31,41,43-44H,9-10,14,17,24,29-30H2,1-8H3,(H,49,52)(H,50,51)(H,53,59). The summed E-state index contributed by atoms with van der Waals surface area (Å²) >= 11 is 0. The molecule has 3 amide bonds. The summed E-state index contributed by atoms with van der Waals surface area (Å²) < 4.78 is 4.78. The Morgan fingerprint density at radius 1 is 0.902 bits per heavy atom. The lowest BCUT2D eigenvalue weighted by molar-refractivity contribution is -0.137. The highest BCUT2D eigenvalue weighted by atomic mass is 28.3. The van der Waals surface area contributed by atoms with Crippen molar-refractivity contribution in [2.75, 3.05) is 32.9 Å². The zero-order valence-electron chi connectivity index (χ0n) is 36.8. The van der Waals surface area contributed by atoms with E-state index in [0.29, 0.717) is 13.1 Å². The molecule has 61 heavy (non-hydrogen) atoms. The van der Waals surface area contributed by atoms with Crippen LogP contribution in [0.1, 0.15) is 69.8 Å². The van der Waals surface area contributed by atoms with Gasteiger partial charge in [0.25, 0.3) is 0 Å². The minimum absolute atomic E-state index is 0.102. The molecule has 1 fully saturated rings. The second kappa shape index (κ2) is 18.4. The molecular formula is C48H60N8O4Si. The number of hydrogen-bond donors (Lipinski definition) is 3. The van der Waals surface area contributed by atoms with Crippen LogP contribution in [0.25, 0.3) is 44.2 Å². The first-order valence-corrected chi connectivity index (χ1v) is 25.3. The predicted octanol–water partition coefficient (Wildman–Crippen LogP) is 9.11. The van der Waals surface area contributed by atoms with E-state index in [-0.39, 0.29) is 29.8 Å². The van der Waals surface area contributed by atoms with Crippen LogP contribution in [0, 0.1) is 5.92 Å². The third-order valence-corrected chi connectivity index (χ3v) is 13.0. The monoisotopic (exact) mass is 840 g/mol. The maximum atomic E-state index is 14.5. The molecule has 0 saturated carbocycles. The van der Waals surface area contributed by atoms with Crippen molar-refractivity contribution in [3.8, 4) is 22.4 Å². The molecule has 0 radical (unpaired) electrons. The molecule has 2 aromatic heterocycles.